The minimum Gasteiger partial charge on any atom is -0.478 e. The van der Waals surface area contributed by atoms with Crippen LogP contribution in [-0.4, -0.2) is 34.2 Å². The quantitative estimate of drug-likeness (QED) is 0.928. The average molecular weight is 301 g/mol. The van der Waals surface area contributed by atoms with Crippen LogP contribution in [0.2, 0.25) is 0 Å². The number of aromatic carboxylic acids is 1. The predicted octanol–water partition coefficient (Wildman–Crippen LogP) is 3.55. The van der Waals surface area contributed by atoms with Crippen molar-refractivity contribution in [3.05, 3.63) is 35.4 Å². The molecule has 1 atom stereocenters. The molecule has 1 aromatic carbocycles. The Hall–Kier alpha value is -1.56. The highest BCUT2D eigenvalue weighted by atomic mass is 19.4. The molecule has 1 unspecified atom stereocenters. The smallest absolute Gasteiger partial charge is 0.393 e. The van der Waals surface area contributed by atoms with Crippen LogP contribution in [0.1, 0.15) is 36.2 Å². The van der Waals surface area contributed by atoms with Crippen molar-refractivity contribution >= 4 is 5.97 Å². The van der Waals surface area contributed by atoms with Crippen LogP contribution in [0, 0.1) is 5.92 Å². The van der Waals surface area contributed by atoms with Crippen molar-refractivity contribution in [2.75, 3.05) is 6.54 Å². The van der Waals surface area contributed by atoms with Gasteiger partial charge in [0.2, 0.25) is 0 Å². The Kier molecular flexibility index (Phi) is 4.02. The number of carboxylic acid groups (broad SMARTS) is 1. The van der Waals surface area contributed by atoms with Crippen LogP contribution in [0.3, 0.4) is 0 Å². The summed E-state index contributed by atoms with van der Waals surface area (Å²) in [5.41, 5.74) is 0.0347. The van der Waals surface area contributed by atoms with E-state index in [2.05, 4.69) is 0 Å². The number of alkyl halides is 3. The maximum Gasteiger partial charge on any atom is 0.393 e. The molecule has 0 saturated carbocycles. The lowest BCUT2D eigenvalue weighted by Crippen LogP contribution is -2.46. The molecule has 0 spiro atoms. The molecule has 3 nitrogen and oxygen atoms in total. The number of rotatable bonds is 3. The predicted molar refractivity (Wildman–Crippen MR) is 72.1 cm³/mol. The first-order valence-electron chi connectivity index (χ1n) is 6.76. The third-order valence-corrected chi connectivity index (χ3v) is 4.32. The summed E-state index contributed by atoms with van der Waals surface area (Å²) in [7, 11) is 0. The molecule has 1 aliphatic rings. The zero-order valence-electron chi connectivity index (χ0n) is 11.9. The monoisotopic (exact) mass is 301 g/mol. The van der Waals surface area contributed by atoms with Crippen molar-refractivity contribution in [2.45, 2.75) is 38.5 Å². The summed E-state index contributed by atoms with van der Waals surface area (Å²) in [6.45, 7) is 4.00. The van der Waals surface area contributed by atoms with Gasteiger partial charge in [0.1, 0.15) is 0 Å². The Labute approximate surface area is 121 Å². The molecule has 1 aromatic rings. The number of carboxylic acids is 1. The summed E-state index contributed by atoms with van der Waals surface area (Å²) in [6, 6.07) is 6.25. The van der Waals surface area contributed by atoms with E-state index in [0.29, 0.717) is 13.1 Å². The zero-order chi connectivity index (χ0) is 15.8. The fourth-order valence-corrected chi connectivity index (χ4v) is 2.97. The van der Waals surface area contributed by atoms with Crippen molar-refractivity contribution in [3.8, 4) is 0 Å². The van der Waals surface area contributed by atoms with E-state index in [1.54, 1.807) is 30.9 Å². The van der Waals surface area contributed by atoms with Gasteiger partial charge in [0.25, 0.3) is 0 Å². The zero-order valence-corrected chi connectivity index (χ0v) is 11.9. The second-order valence-electron chi connectivity index (χ2n) is 5.96. The molecule has 21 heavy (non-hydrogen) atoms. The molecule has 0 amide bonds. The van der Waals surface area contributed by atoms with E-state index in [1.807, 2.05) is 0 Å². The van der Waals surface area contributed by atoms with E-state index in [-0.39, 0.29) is 12.0 Å². The van der Waals surface area contributed by atoms with Gasteiger partial charge in [0, 0.05) is 12.1 Å². The molecule has 0 aromatic heterocycles. The van der Waals surface area contributed by atoms with Crippen LogP contribution in [0.25, 0.3) is 0 Å². The van der Waals surface area contributed by atoms with Gasteiger partial charge in [-0.05, 0) is 44.5 Å². The van der Waals surface area contributed by atoms with Gasteiger partial charge in [0.15, 0.2) is 0 Å². The fourth-order valence-electron chi connectivity index (χ4n) is 2.97. The minimum atomic E-state index is -4.19. The molecule has 0 bridgehead atoms. The number of hydrogen-bond donors (Lipinski definition) is 1. The van der Waals surface area contributed by atoms with Crippen LogP contribution in [0.4, 0.5) is 13.2 Å². The van der Waals surface area contributed by atoms with Gasteiger partial charge < -0.3 is 5.11 Å². The number of carbonyl (C=O) groups is 1. The molecule has 0 aliphatic carbocycles. The largest absolute Gasteiger partial charge is 0.478 e. The van der Waals surface area contributed by atoms with Crippen LogP contribution < -0.4 is 0 Å². The normalized spacial score (nSPS) is 22.4. The topological polar surface area (TPSA) is 40.5 Å². The van der Waals surface area contributed by atoms with Gasteiger partial charge >= 0.3 is 12.1 Å². The van der Waals surface area contributed by atoms with Crippen molar-refractivity contribution < 1.29 is 23.1 Å². The third-order valence-electron chi connectivity index (χ3n) is 4.32. The first-order chi connectivity index (χ1) is 9.62. The highest BCUT2D eigenvalue weighted by molar-refractivity contribution is 5.87. The molecule has 1 heterocycles. The maximum atomic E-state index is 13.0. The molecule has 1 aliphatic heterocycles. The molecule has 1 saturated heterocycles. The SMILES string of the molecule is CC1(C)C(C(F)(F)F)CCN1Cc1ccc(C(=O)O)cc1. The lowest BCUT2D eigenvalue weighted by atomic mass is 9.87. The Morgan fingerprint density at radius 2 is 1.90 bits per heavy atom. The molecule has 6 heteroatoms. The summed E-state index contributed by atoms with van der Waals surface area (Å²) < 4.78 is 39.1. The molecule has 1 N–H and O–H groups in total. The number of likely N-dealkylation sites (tertiary alicyclic amines) is 1. The maximum absolute atomic E-state index is 13.0. The van der Waals surface area contributed by atoms with E-state index in [1.165, 1.54) is 12.1 Å². The van der Waals surface area contributed by atoms with E-state index < -0.39 is 23.6 Å². The average Bonchev–Trinajstić information content (AvgIpc) is 2.65. The highest BCUT2D eigenvalue weighted by Crippen LogP contribution is 2.45. The summed E-state index contributed by atoms with van der Waals surface area (Å²) in [6.07, 6.45) is -4.09. The van der Waals surface area contributed by atoms with Gasteiger partial charge in [-0.3, -0.25) is 4.90 Å². The summed E-state index contributed by atoms with van der Waals surface area (Å²) >= 11 is 0. The summed E-state index contributed by atoms with van der Waals surface area (Å²) in [4.78, 5) is 12.6. The van der Waals surface area contributed by atoms with Gasteiger partial charge in [-0.1, -0.05) is 12.1 Å². The van der Waals surface area contributed by atoms with Gasteiger partial charge in [-0.25, -0.2) is 4.79 Å². The van der Waals surface area contributed by atoms with Crippen LogP contribution in [-0.2, 0) is 6.54 Å². The van der Waals surface area contributed by atoms with Crippen LogP contribution >= 0.6 is 0 Å². The highest BCUT2D eigenvalue weighted by Gasteiger charge is 2.54. The number of halogens is 3. The van der Waals surface area contributed by atoms with Crippen LogP contribution in [0.15, 0.2) is 24.3 Å². The van der Waals surface area contributed by atoms with Crippen molar-refractivity contribution in [1.29, 1.82) is 0 Å². The lowest BCUT2D eigenvalue weighted by molar-refractivity contribution is -0.191. The van der Waals surface area contributed by atoms with Crippen molar-refractivity contribution in [2.24, 2.45) is 5.92 Å². The van der Waals surface area contributed by atoms with Gasteiger partial charge in [-0.15, -0.1) is 0 Å². The Balaban J connectivity index is 2.12. The van der Waals surface area contributed by atoms with Crippen molar-refractivity contribution in [1.82, 2.24) is 4.90 Å². The molecule has 116 valence electrons. The van der Waals surface area contributed by atoms with E-state index in [0.717, 1.165) is 5.56 Å². The van der Waals surface area contributed by atoms with Crippen molar-refractivity contribution in [3.63, 3.8) is 0 Å². The Morgan fingerprint density at radius 1 is 1.33 bits per heavy atom. The van der Waals surface area contributed by atoms with E-state index >= 15 is 0 Å². The number of hydrogen-bond acceptors (Lipinski definition) is 2. The number of benzene rings is 1. The number of nitrogens with zero attached hydrogens (tertiary/aromatic N) is 1. The summed E-state index contributed by atoms with van der Waals surface area (Å²) in [5.74, 6) is -2.34. The standard InChI is InChI=1S/C15H18F3NO2/c1-14(2)12(15(16,17)18)7-8-19(14)9-10-3-5-11(6-4-10)13(20)21/h3-6,12H,7-9H2,1-2H3,(H,20,21). The molecule has 1 fully saturated rings. The molecule has 2 rings (SSSR count). The molecular weight excluding hydrogens is 283 g/mol. The van der Waals surface area contributed by atoms with Gasteiger partial charge in [0.05, 0.1) is 11.5 Å². The molecule has 0 radical (unpaired) electrons. The van der Waals surface area contributed by atoms with Crippen LogP contribution in [0.5, 0.6) is 0 Å². The first kappa shape index (κ1) is 15.8. The van der Waals surface area contributed by atoms with E-state index in [4.69, 9.17) is 5.11 Å². The van der Waals surface area contributed by atoms with Gasteiger partial charge in [-0.2, -0.15) is 13.2 Å². The van der Waals surface area contributed by atoms with E-state index in [9.17, 15) is 18.0 Å². The minimum absolute atomic E-state index is 0.101. The lowest BCUT2D eigenvalue weighted by Gasteiger charge is -2.36. The first-order valence-corrected chi connectivity index (χ1v) is 6.76. The third kappa shape index (κ3) is 3.20. The second kappa shape index (κ2) is 5.33. The Morgan fingerprint density at radius 3 is 2.33 bits per heavy atom. The summed E-state index contributed by atoms with van der Waals surface area (Å²) in [5, 5.41) is 8.83. The molecular formula is C15H18F3NO2. The fraction of sp³-hybridized carbons (Fsp3) is 0.533. The Bertz CT molecular complexity index is 523. The second-order valence-corrected chi connectivity index (χ2v) is 5.96.